The molecule has 0 saturated heterocycles. The molecule has 1 aromatic heterocycles. The molecule has 0 atom stereocenters. The lowest BCUT2D eigenvalue weighted by Crippen LogP contribution is -2.26. The summed E-state index contributed by atoms with van der Waals surface area (Å²) in [4.78, 5) is 6.29. The molecular formula is C19H19FN4O3S. The van der Waals surface area contributed by atoms with Gasteiger partial charge in [0.25, 0.3) is 10.2 Å². The molecule has 0 bridgehead atoms. The summed E-state index contributed by atoms with van der Waals surface area (Å²) in [6, 6.07) is 10.2. The summed E-state index contributed by atoms with van der Waals surface area (Å²) < 4.78 is 48.0. The van der Waals surface area contributed by atoms with Crippen molar-refractivity contribution in [3.8, 4) is 5.75 Å². The molecule has 28 heavy (non-hydrogen) atoms. The van der Waals surface area contributed by atoms with Crippen LogP contribution in [0.3, 0.4) is 0 Å². The third-order valence-corrected chi connectivity index (χ3v) is 5.81. The van der Waals surface area contributed by atoms with Crippen LogP contribution < -0.4 is 19.1 Å². The van der Waals surface area contributed by atoms with Gasteiger partial charge < -0.3 is 9.64 Å². The number of hydrogen-bond donors (Lipinski definition) is 2. The fourth-order valence-corrected chi connectivity index (χ4v) is 4.00. The Morgan fingerprint density at radius 3 is 2.75 bits per heavy atom. The number of anilines is 3. The number of nitrogens with zero attached hydrogens (tertiary/aromatic N) is 2. The van der Waals surface area contributed by atoms with Crippen LogP contribution in [0.1, 0.15) is 5.56 Å². The lowest BCUT2D eigenvalue weighted by atomic mass is 10.1. The number of fused-ring (bicyclic) bond motifs is 2. The van der Waals surface area contributed by atoms with Gasteiger partial charge in [0.05, 0.1) is 29.4 Å². The molecule has 2 aromatic carbocycles. The first-order valence-electron chi connectivity index (χ1n) is 8.66. The second-order valence-electron chi connectivity index (χ2n) is 6.39. The lowest BCUT2D eigenvalue weighted by molar-refractivity contribution is 0.412. The molecule has 0 aliphatic carbocycles. The Bertz CT molecular complexity index is 1170. The maximum atomic E-state index is 14.8. The molecule has 0 amide bonds. The van der Waals surface area contributed by atoms with Gasteiger partial charge in [0.2, 0.25) is 0 Å². The van der Waals surface area contributed by atoms with Crippen molar-refractivity contribution in [2.45, 2.75) is 6.42 Å². The largest absolute Gasteiger partial charge is 0.497 e. The Hall–Kier alpha value is -2.91. The first kappa shape index (κ1) is 18.5. The Kier molecular flexibility index (Phi) is 4.56. The van der Waals surface area contributed by atoms with Gasteiger partial charge in [-0.2, -0.15) is 8.42 Å². The van der Waals surface area contributed by atoms with Crippen molar-refractivity contribution in [2.75, 3.05) is 30.3 Å². The normalized spacial score (nSPS) is 13.6. The highest BCUT2D eigenvalue weighted by atomic mass is 32.2. The zero-order chi connectivity index (χ0) is 19.9. The molecular weight excluding hydrogens is 383 g/mol. The average Bonchev–Trinajstić information content (AvgIpc) is 3.10. The molecule has 0 saturated carbocycles. The summed E-state index contributed by atoms with van der Waals surface area (Å²) in [5.74, 6) is 0.0160. The summed E-state index contributed by atoms with van der Waals surface area (Å²) in [6.45, 7) is 0.655. The van der Waals surface area contributed by atoms with Gasteiger partial charge in [0.15, 0.2) is 0 Å². The molecule has 1 aliphatic rings. The molecule has 2 heterocycles. The number of rotatable bonds is 5. The van der Waals surface area contributed by atoms with Crippen LogP contribution in [-0.2, 0) is 16.6 Å². The minimum Gasteiger partial charge on any atom is -0.497 e. The van der Waals surface area contributed by atoms with E-state index in [1.54, 1.807) is 30.5 Å². The Morgan fingerprint density at radius 2 is 2.00 bits per heavy atom. The molecule has 0 unspecified atom stereocenters. The van der Waals surface area contributed by atoms with Crippen LogP contribution in [0.5, 0.6) is 5.75 Å². The van der Waals surface area contributed by atoms with Crippen LogP contribution in [0.4, 0.5) is 21.5 Å². The maximum Gasteiger partial charge on any atom is 0.298 e. The first-order chi connectivity index (χ1) is 13.4. The van der Waals surface area contributed by atoms with Gasteiger partial charge in [0.1, 0.15) is 11.6 Å². The molecule has 0 fully saturated rings. The van der Waals surface area contributed by atoms with Crippen molar-refractivity contribution in [1.82, 2.24) is 9.71 Å². The molecule has 0 radical (unpaired) electrons. The van der Waals surface area contributed by atoms with Gasteiger partial charge in [-0.1, -0.05) is 0 Å². The van der Waals surface area contributed by atoms with E-state index in [0.717, 1.165) is 11.3 Å². The van der Waals surface area contributed by atoms with Gasteiger partial charge >= 0.3 is 0 Å². The van der Waals surface area contributed by atoms with E-state index >= 15 is 0 Å². The lowest BCUT2D eigenvalue weighted by Gasteiger charge is -2.22. The topological polar surface area (TPSA) is 83.6 Å². The van der Waals surface area contributed by atoms with Crippen molar-refractivity contribution < 1.29 is 17.5 Å². The van der Waals surface area contributed by atoms with Crippen LogP contribution in [0.2, 0.25) is 0 Å². The predicted molar refractivity (Wildman–Crippen MR) is 107 cm³/mol. The van der Waals surface area contributed by atoms with Crippen molar-refractivity contribution >= 4 is 38.2 Å². The molecule has 146 valence electrons. The SMILES string of the molecule is CNS(=O)(=O)Nc1ccc2c(c1)CCN2c1ccnc2cc(OC)cc(F)c12. The van der Waals surface area contributed by atoms with E-state index < -0.39 is 16.0 Å². The molecule has 9 heteroatoms. The zero-order valence-corrected chi connectivity index (χ0v) is 16.2. The summed E-state index contributed by atoms with van der Waals surface area (Å²) in [7, 11) is -0.750. The summed E-state index contributed by atoms with van der Waals surface area (Å²) in [5, 5.41) is 0.427. The van der Waals surface area contributed by atoms with Gasteiger partial charge in [-0.15, -0.1) is 0 Å². The van der Waals surface area contributed by atoms with E-state index in [1.807, 2.05) is 11.0 Å². The maximum absolute atomic E-state index is 14.8. The van der Waals surface area contributed by atoms with E-state index in [0.29, 0.717) is 41.0 Å². The third-order valence-electron chi connectivity index (χ3n) is 4.77. The third kappa shape index (κ3) is 3.23. The smallest absolute Gasteiger partial charge is 0.298 e. The van der Waals surface area contributed by atoms with Crippen molar-refractivity contribution in [1.29, 1.82) is 0 Å². The van der Waals surface area contributed by atoms with Gasteiger partial charge in [-0.3, -0.25) is 9.71 Å². The highest BCUT2D eigenvalue weighted by Crippen LogP contribution is 2.40. The fraction of sp³-hybridized carbons (Fsp3) is 0.211. The van der Waals surface area contributed by atoms with Crippen LogP contribution in [-0.4, -0.2) is 34.1 Å². The molecule has 7 nitrogen and oxygen atoms in total. The van der Waals surface area contributed by atoms with Crippen LogP contribution in [0, 0.1) is 5.82 Å². The van der Waals surface area contributed by atoms with Gasteiger partial charge in [-0.05, 0) is 36.2 Å². The van der Waals surface area contributed by atoms with Gasteiger partial charge in [-0.25, -0.2) is 9.11 Å². The monoisotopic (exact) mass is 402 g/mol. The van der Waals surface area contributed by atoms with Crippen LogP contribution in [0.15, 0.2) is 42.6 Å². The number of aromatic nitrogens is 1. The average molecular weight is 402 g/mol. The summed E-state index contributed by atoms with van der Waals surface area (Å²) in [6.07, 6.45) is 2.36. The number of hydrogen-bond acceptors (Lipinski definition) is 5. The minimum absolute atomic E-state index is 0.399. The number of pyridine rings is 1. The minimum atomic E-state index is -3.58. The van der Waals surface area contributed by atoms with Gasteiger partial charge in [0, 0.05) is 37.6 Å². The Labute approximate surface area is 162 Å². The number of benzene rings is 2. The van der Waals surface area contributed by atoms with Crippen LogP contribution in [0.25, 0.3) is 10.9 Å². The molecule has 2 N–H and O–H groups in total. The molecule has 1 aliphatic heterocycles. The quantitative estimate of drug-likeness (QED) is 0.686. The van der Waals surface area contributed by atoms with Crippen LogP contribution >= 0.6 is 0 Å². The van der Waals surface area contributed by atoms with Crippen molar-refractivity contribution in [2.24, 2.45) is 0 Å². The van der Waals surface area contributed by atoms with E-state index in [9.17, 15) is 12.8 Å². The molecule has 3 aromatic rings. The fourth-order valence-electron chi connectivity index (χ4n) is 3.46. The second-order valence-corrected chi connectivity index (χ2v) is 8.01. The number of ether oxygens (including phenoxy) is 1. The molecule has 0 spiro atoms. The highest BCUT2D eigenvalue weighted by Gasteiger charge is 2.24. The summed E-state index contributed by atoms with van der Waals surface area (Å²) in [5.41, 5.74) is 3.60. The number of halogens is 1. The zero-order valence-electron chi connectivity index (χ0n) is 15.4. The molecule has 4 rings (SSSR count). The number of methoxy groups -OCH3 is 1. The van der Waals surface area contributed by atoms with E-state index in [-0.39, 0.29) is 0 Å². The van der Waals surface area contributed by atoms with E-state index in [2.05, 4.69) is 14.4 Å². The Balaban J connectivity index is 1.76. The second kappa shape index (κ2) is 6.92. The Morgan fingerprint density at radius 1 is 1.18 bits per heavy atom. The first-order valence-corrected chi connectivity index (χ1v) is 10.1. The summed E-state index contributed by atoms with van der Waals surface area (Å²) >= 11 is 0. The number of nitrogens with one attached hydrogen (secondary N) is 2. The van der Waals surface area contributed by atoms with E-state index in [4.69, 9.17) is 4.74 Å². The standard InChI is InChI=1S/C19H19FN4O3S/c1-21-28(25,26)23-13-3-4-17-12(9-13)6-8-24(17)18-5-7-22-16-11-14(27-2)10-15(20)19(16)18/h3-5,7,9-11,21,23H,6,8H2,1-2H3. The van der Waals surface area contributed by atoms with E-state index in [1.165, 1.54) is 20.2 Å². The highest BCUT2D eigenvalue weighted by molar-refractivity contribution is 7.90. The predicted octanol–water partition coefficient (Wildman–Crippen LogP) is 2.95. The van der Waals surface area contributed by atoms with Crippen molar-refractivity contribution in [3.63, 3.8) is 0 Å². The van der Waals surface area contributed by atoms with Crippen molar-refractivity contribution in [3.05, 3.63) is 54.0 Å².